The summed E-state index contributed by atoms with van der Waals surface area (Å²) in [4.78, 5) is 37.0. The summed E-state index contributed by atoms with van der Waals surface area (Å²) in [6.07, 6.45) is 2.60. The molecule has 1 aliphatic rings. The number of aryl methyl sites for hydroxylation is 1. The Labute approximate surface area is 186 Å². The first kappa shape index (κ1) is 21.5. The van der Waals surface area contributed by atoms with Crippen molar-refractivity contribution in [3.63, 3.8) is 0 Å². The van der Waals surface area contributed by atoms with Crippen molar-refractivity contribution in [2.24, 2.45) is 0 Å². The molecule has 0 bridgehead atoms. The summed E-state index contributed by atoms with van der Waals surface area (Å²) in [5.41, 5.74) is 2.19. The Hall–Kier alpha value is -2.78. The normalized spacial score (nSPS) is 15.3. The summed E-state index contributed by atoms with van der Waals surface area (Å²) < 4.78 is 1.86. The number of nitrogens with zero attached hydrogens (tertiary/aromatic N) is 6. The van der Waals surface area contributed by atoms with E-state index in [1.807, 2.05) is 34.0 Å². The molecular formula is C22H28N6O2S. The minimum atomic E-state index is 0.00644. The topological polar surface area (TPSA) is 74.6 Å². The third kappa shape index (κ3) is 4.77. The Morgan fingerprint density at radius 3 is 2.77 bits per heavy atom. The van der Waals surface area contributed by atoms with Gasteiger partial charge in [0, 0.05) is 50.8 Å². The Morgan fingerprint density at radius 2 is 2.03 bits per heavy atom. The largest absolute Gasteiger partial charge is 0.348 e. The van der Waals surface area contributed by atoms with Crippen molar-refractivity contribution in [3.05, 3.63) is 45.9 Å². The number of aromatic nitrogens is 3. The van der Waals surface area contributed by atoms with Gasteiger partial charge < -0.3 is 9.80 Å². The van der Waals surface area contributed by atoms with Gasteiger partial charge in [0.25, 0.3) is 5.91 Å². The highest BCUT2D eigenvalue weighted by Crippen LogP contribution is 2.22. The molecule has 0 radical (unpaired) electrons. The van der Waals surface area contributed by atoms with Gasteiger partial charge in [-0.15, -0.1) is 11.3 Å². The van der Waals surface area contributed by atoms with Crippen molar-refractivity contribution in [1.29, 1.82) is 0 Å². The van der Waals surface area contributed by atoms with Crippen LogP contribution in [-0.4, -0.2) is 88.1 Å². The zero-order valence-electron chi connectivity index (χ0n) is 18.2. The van der Waals surface area contributed by atoms with Crippen molar-refractivity contribution < 1.29 is 9.59 Å². The molecule has 0 saturated carbocycles. The van der Waals surface area contributed by atoms with E-state index >= 15 is 0 Å². The second kappa shape index (κ2) is 9.15. The molecule has 0 atom stereocenters. The average Bonchev–Trinajstić information content (AvgIpc) is 3.33. The number of carbonyl (C=O) groups excluding carboxylic acids is 2. The van der Waals surface area contributed by atoms with Crippen LogP contribution < -0.4 is 0 Å². The lowest BCUT2D eigenvalue weighted by molar-refractivity contribution is -0.129. The van der Waals surface area contributed by atoms with E-state index < -0.39 is 0 Å². The first-order valence-corrected chi connectivity index (χ1v) is 11.4. The predicted octanol–water partition coefficient (Wildman–Crippen LogP) is 2.09. The van der Waals surface area contributed by atoms with Crippen LogP contribution in [0, 0.1) is 6.92 Å². The van der Waals surface area contributed by atoms with Gasteiger partial charge in [-0.05, 0) is 30.9 Å². The first-order chi connectivity index (χ1) is 14.9. The number of amides is 2. The lowest BCUT2D eigenvalue weighted by Crippen LogP contribution is -2.39. The van der Waals surface area contributed by atoms with E-state index in [1.165, 1.54) is 4.88 Å². The number of hydrogen-bond acceptors (Lipinski definition) is 6. The molecular weight excluding hydrogens is 412 g/mol. The molecule has 2 amide bonds. The summed E-state index contributed by atoms with van der Waals surface area (Å²) >= 11 is 1.68. The molecule has 1 aliphatic heterocycles. The maximum atomic E-state index is 13.5. The van der Waals surface area contributed by atoms with Crippen molar-refractivity contribution in [3.8, 4) is 0 Å². The van der Waals surface area contributed by atoms with E-state index in [9.17, 15) is 9.59 Å². The lowest BCUT2D eigenvalue weighted by atomic mass is 10.1. The van der Waals surface area contributed by atoms with Crippen LogP contribution in [0.1, 0.15) is 27.3 Å². The SMILES string of the molecule is Cc1cc(C(=O)N2CCCN(CC(=O)N(C)C)CC2)c2cnn(Cc3cccs3)c2n1. The summed E-state index contributed by atoms with van der Waals surface area (Å²) in [5, 5.41) is 7.35. The van der Waals surface area contributed by atoms with Gasteiger partial charge in [-0.2, -0.15) is 5.10 Å². The van der Waals surface area contributed by atoms with Crippen LogP contribution >= 0.6 is 11.3 Å². The standard InChI is InChI=1S/C22H28N6O2S/c1-16-12-18(19-13-23-28(21(19)24-16)14-17-6-4-11-31-17)22(30)27-8-5-7-26(9-10-27)15-20(29)25(2)3/h4,6,11-13H,5,7-10,14-15H2,1-3H3. The van der Waals surface area contributed by atoms with Crippen LogP contribution in [0.4, 0.5) is 0 Å². The fraction of sp³-hybridized carbons (Fsp3) is 0.455. The highest BCUT2D eigenvalue weighted by molar-refractivity contribution is 7.09. The summed E-state index contributed by atoms with van der Waals surface area (Å²) in [6.45, 7) is 5.73. The zero-order valence-corrected chi connectivity index (χ0v) is 19.1. The second-order valence-corrected chi connectivity index (χ2v) is 9.17. The van der Waals surface area contributed by atoms with Crippen LogP contribution in [0.25, 0.3) is 11.0 Å². The molecule has 3 aromatic rings. The Balaban J connectivity index is 1.53. The second-order valence-electron chi connectivity index (χ2n) is 8.14. The van der Waals surface area contributed by atoms with Crippen molar-refractivity contribution in [1.82, 2.24) is 29.5 Å². The lowest BCUT2D eigenvalue weighted by Gasteiger charge is -2.23. The van der Waals surface area contributed by atoms with Gasteiger partial charge in [0.15, 0.2) is 5.65 Å². The quantitative estimate of drug-likeness (QED) is 0.607. The minimum absolute atomic E-state index is 0.00644. The monoisotopic (exact) mass is 440 g/mol. The molecule has 4 heterocycles. The van der Waals surface area contributed by atoms with Crippen molar-refractivity contribution in [2.45, 2.75) is 19.9 Å². The molecule has 164 valence electrons. The molecule has 9 heteroatoms. The van der Waals surface area contributed by atoms with Crippen LogP contribution in [0.3, 0.4) is 0 Å². The molecule has 0 unspecified atom stereocenters. The molecule has 0 aliphatic carbocycles. The van der Waals surface area contributed by atoms with Crippen LogP contribution in [0.2, 0.25) is 0 Å². The molecule has 0 aromatic carbocycles. The highest BCUT2D eigenvalue weighted by atomic mass is 32.1. The number of carbonyl (C=O) groups is 2. The van der Waals surface area contributed by atoms with Gasteiger partial charge in [0.1, 0.15) is 0 Å². The van der Waals surface area contributed by atoms with Crippen LogP contribution in [-0.2, 0) is 11.3 Å². The van der Waals surface area contributed by atoms with Gasteiger partial charge in [-0.25, -0.2) is 9.67 Å². The molecule has 8 nitrogen and oxygen atoms in total. The number of rotatable bonds is 5. The van der Waals surface area contributed by atoms with Crippen molar-refractivity contribution >= 4 is 34.2 Å². The third-order valence-electron chi connectivity index (χ3n) is 5.59. The molecule has 1 saturated heterocycles. The number of fused-ring (bicyclic) bond motifs is 1. The Morgan fingerprint density at radius 1 is 1.19 bits per heavy atom. The first-order valence-electron chi connectivity index (χ1n) is 10.5. The molecule has 0 spiro atoms. The van der Waals surface area contributed by atoms with Crippen LogP contribution in [0.5, 0.6) is 0 Å². The number of thiophene rings is 1. The summed E-state index contributed by atoms with van der Waals surface area (Å²) in [7, 11) is 3.54. The van der Waals surface area contributed by atoms with Gasteiger partial charge in [-0.1, -0.05) is 6.07 Å². The number of pyridine rings is 1. The van der Waals surface area contributed by atoms with E-state index in [0.717, 1.165) is 29.7 Å². The van der Waals surface area contributed by atoms with E-state index in [-0.39, 0.29) is 11.8 Å². The molecule has 31 heavy (non-hydrogen) atoms. The van der Waals surface area contributed by atoms with Gasteiger partial charge in [0.05, 0.1) is 30.2 Å². The zero-order chi connectivity index (χ0) is 22.0. The summed E-state index contributed by atoms with van der Waals surface area (Å²) in [5.74, 6) is 0.0939. The molecule has 4 rings (SSSR count). The van der Waals surface area contributed by atoms with Crippen LogP contribution in [0.15, 0.2) is 29.8 Å². The minimum Gasteiger partial charge on any atom is -0.348 e. The van der Waals surface area contributed by atoms with Gasteiger partial charge in [0.2, 0.25) is 5.91 Å². The van der Waals surface area contributed by atoms with Gasteiger partial charge >= 0.3 is 0 Å². The fourth-order valence-electron chi connectivity index (χ4n) is 3.85. The number of likely N-dealkylation sites (N-methyl/N-ethyl adjacent to an activating group) is 1. The predicted molar refractivity (Wildman–Crippen MR) is 121 cm³/mol. The smallest absolute Gasteiger partial charge is 0.254 e. The van der Waals surface area contributed by atoms with Crippen molar-refractivity contribution in [2.75, 3.05) is 46.8 Å². The highest BCUT2D eigenvalue weighted by Gasteiger charge is 2.24. The number of hydrogen-bond donors (Lipinski definition) is 0. The summed E-state index contributed by atoms with van der Waals surface area (Å²) in [6, 6.07) is 5.96. The maximum absolute atomic E-state index is 13.5. The Kier molecular flexibility index (Phi) is 6.33. The van der Waals surface area contributed by atoms with E-state index in [0.29, 0.717) is 38.3 Å². The molecule has 0 N–H and O–H groups in total. The van der Waals surface area contributed by atoms with E-state index in [1.54, 1.807) is 36.5 Å². The third-order valence-corrected chi connectivity index (χ3v) is 6.45. The Bertz CT molecular complexity index is 1080. The van der Waals surface area contributed by atoms with E-state index in [2.05, 4.69) is 21.0 Å². The van der Waals surface area contributed by atoms with Gasteiger partial charge in [-0.3, -0.25) is 14.5 Å². The average molecular weight is 441 g/mol. The fourth-order valence-corrected chi connectivity index (χ4v) is 4.54. The van der Waals surface area contributed by atoms with E-state index in [4.69, 9.17) is 0 Å². The molecule has 1 fully saturated rings. The maximum Gasteiger partial charge on any atom is 0.254 e. The molecule has 3 aromatic heterocycles.